The van der Waals surface area contributed by atoms with Crippen LogP contribution in [-0.4, -0.2) is 31.6 Å². The van der Waals surface area contributed by atoms with Crippen molar-refractivity contribution in [2.75, 3.05) is 14.2 Å². The summed E-state index contributed by atoms with van der Waals surface area (Å²) in [7, 11) is 12.4. The molecule has 0 aliphatic rings. The first-order valence-corrected chi connectivity index (χ1v) is 12.9. The summed E-state index contributed by atoms with van der Waals surface area (Å²) in [6.45, 7) is 4.14. The molecule has 3 rings (SSSR count). The van der Waals surface area contributed by atoms with Crippen molar-refractivity contribution < 1.29 is 36.9 Å². The van der Waals surface area contributed by atoms with Gasteiger partial charge in [-0.05, 0) is 67.9 Å². The van der Waals surface area contributed by atoms with Gasteiger partial charge in [-0.3, -0.25) is 0 Å². The number of carbonyl (C=O) groups excluding carboxylic acids is 1. The van der Waals surface area contributed by atoms with E-state index in [-0.39, 0.29) is 19.1 Å². The molecule has 0 saturated heterocycles. The first-order chi connectivity index (χ1) is 16.4. The van der Waals surface area contributed by atoms with E-state index in [1.165, 1.54) is 14.2 Å². The van der Waals surface area contributed by atoms with E-state index in [0.29, 0.717) is 35.1 Å². The molecule has 0 radical (unpaired) electrons. The Balaban J connectivity index is 0.00000129. The number of rotatable bonds is 8. The van der Waals surface area contributed by atoms with Gasteiger partial charge in [-0.2, -0.15) is 0 Å². The molecule has 0 bridgehead atoms. The molecule has 0 amide bonds. The summed E-state index contributed by atoms with van der Waals surface area (Å²) < 4.78 is 10.6. The Bertz CT molecular complexity index is 1110. The van der Waals surface area contributed by atoms with Crippen molar-refractivity contribution in [1.82, 2.24) is 0 Å². The summed E-state index contributed by atoms with van der Waals surface area (Å²) in [6.07, 6.45) is 0. The van der Waals surface area contributed by atoms with Crippen LogP contribution < -0.4 is 0 Å². The molecule has 3 aromatic rings. The summed E-state index contributed by atoms with van der Waals surface area (Å²) >= 11 is 0.194. The van der Waals surface area contributed by atoms with Crippen LogP contribution >= 0.6 is 20.2 Å². The van der Waals surface area contributed by atoms with E-state index in [2.05, 4.69) is 14.9 Å². The first-order valence-electron chi connectivity index (χ1n) is 9.91. The summed E-state index contributed by atoms with van der Waals surface area (Å²) in [5.41, 5.74) is 4.46. The fourth-order valence-corrected chi connectivity index (χ4v) is 2.81. The molecule has 0 saturated carbocycles. The number of ether oxygens (including phenoxy) is 1. The van der Waals surface area contributed by atoms with Gasteiger partial charge in [-0.1, -0.05) is 12.1 Å². The van der Waals surface area contributed by atoms with E-state index in [4.69, 9.17) is 34.2 Å². The average molecular weight is 547 g/mol. The molecule has 1 heterocycles. The van der Waals surface area contributed by atoms with Crippen LogP contribution in [0.1, 0.15) is 41.3 Å². The Labute approximate surface area is 213 Å². The Hall–Kier alpha value is -2.45. The molecule has 10 heteroatoms. The van der Waals surface area contributed by atoms with Gasteiger partial charge in [0.15, 0.2) is 0 Å². The third-order valence-electron chi connectivity index (χ3n) is 4.48. The van der Waals surface area contributed by atoms with E-state index >= 15 is 0 Å². The second kappa shape index (κ2) is 14.7. The van der Waals surface area contributed by atoms with Gasteiger partial charge in [-0.15, -0.1) is 0 Å². The second-order valence-corrected chi connectivity index (χ2v) is 8.57. The van der Waals surface area contributed by atoms with E-state index in [0.717, 1.165) is 17.0 Å². The molecule has 2 aromatic carbocycles. The van der Waals surface area contributed by atoms with Gasteiger partial charge in [-0.25, -0.2) is 24.6 Å². The van der Waals surface area contributed by atoms with Crippen molar-refractivity contribution in [2.24, 2.45) is 9.98 Å². The monoisotopic (exact) mass is 546 g/mol. The Kier molecular flexibility index (Phi) is 12.0. The predicted molar refractivity (Wildman–Crippen MR) is 130 cm³/mol. The summed E-state index contributed by atoms with van der Waals surface area (Å²) in [6, 6.07) is 18.3. The van der Waals surface area contributed by atoms with E-state index in [1.54, 1.807) is 24.3 Å². The standard InChI is InChI=1S/C24H24N2O5.2ClH.Fe/c1-16(25-20-9-5-18(6-10-20)15-30-29-4)22-13-14-23(31-22)17(2)26-21-11-7-19(8-12-21)24(27)28-3;;;/h5-14H,15H2,1-4H3;2*1H;/q;;;+2/p-2. The van der Waals surface area contributed by atoms with E-state index < -0.39 is 0 Å². The molecule has 1 aromatic heterocycles. The molecule has 0 aliphatic heterocycles. The van der Waals surface area contributed by atoms with E-state index in [1.807, 2.05) is 50.2 Å². The number of hydrogen-bond donors (Lipinski definition) is 0. The van der Waals surface area contributed by atoms with Crippen molar-refractivity contribution in [1.29, 1.82) is 0 Å². The summed E-state index contributed by atoms with van der Waals surface area (Å²) in [4.78, 5) is 30.2. The van der Waals surface area contributed by atoms with Gasteiger partial charge in [0, 0.05) is 0 Å². The van der Waals surface area contributed by atoms with Gasteiger partial charge < -0.3 is 9.15 Å². The maximum absolute atomic E-state index is 11.5. The predicted octanol–water partition coefficient (Wildman–Crippen LogP) is 6.80. The molecule has 0 N–H and O–H groups in total. The molecule has 0 aliphatic carbocycles. The van der Waals surface area contributed by atoms with Crippen molar-refractivity contribution in [3.8, 4) is 0 Å². The van der Waals surface area contributed by atoms with Crippen molar-refractivity contribution in [2.45, 2.75) is 20.5 Å². The third-order valence-corrected chi connectivity index (χ3v) is 4.48. The van der Waals surface area contributed by atoms with Crippen LogP contribution in [-0.2, 0) is 34.3 Å². The third kappa shape index (κ3) is 8.72. The molecule has 34 heavy (non-hydrogen) atoms. The fourth-order valence-electron chi connectivity index (χ4n) is 2.81. The van der Waals surface area contributed by atoms with Gasteiger partial charge in [0.2, 0.25) is 0 Å². The summed E-state index contributed by atoms with van der Waals surface area (Å²) in [5, 5.41) is 0. The van der Waals surface area contributed by atoms with Crippen molar-refractivity contribution in [3.05, 3.63) is 83.3 Å². The number of hydrogen-bond acceptors (Lipinski definition) is 7. The minimum absolute atomic E-state index is 0.194. The normalized spacial score (nSPS) is 11.7. The molecule has 0 atom stereocenters. The van der Waals surface area contributed by atoms with Crippen LogP contribution in [0.5, 0.6) is 0 Å². The number of carbonyl (C=O) groups is 1. The van der Waals surface area contributed by atoms with Crippen LogP contribution in [0.2, 0.25) is 0 Å². The van der Waals surface area contributed by atoms with Crippen LogP contribution in [0, 0.1) is 0 Å². The molecular formula is C24H24Cl2FeN2O5. The van der Waals surface area contributed by atoms with Gasteiger partial charge in [0.1, 0.15) is 18.1 Å². The van der Waals surface area contributed by atoms with Gasteiger partial charge in [0.25, 0.3) is 0 Å². The number of halogens is 2. The first kappa shape index (κ1) is 27.8. The zero-order chi connectivity index (χ0) is 24.9. The Morgan fingerprint density at radius 3 is 1.76 bits per heavy atom. The number of nitrogens with zero attached hydrogens (tertiary/aromatic N) is 2. The average Bonchev–Trinajstić information content (AvgIpc) is 3.35. The van der Waals surface area contributed by atoms with Crippen LogP contribution in [0.15, 0.2) is 75.1 Å². The zero-order valence-electron chi connectivity index (χ0n) is 19.0. The molecular weight excluding hydrogens is 523 g/mol. The molecule has 0 fully saturated rings. The Morgan fingerprint density at radius 1 is 0.853 bits per heavy atom. The number of benzene rings is 2. The SMILES string of the molecule is COOCc1ccc(N=C(C)c2ccc(C(C)=Nc3ccc(C(=O)OC)cc3)o2)cc1.[Cl][Fe][Cl]. The van der Waals surface area contributed by atoms with E-state index in [9.17, 15) is 4.79 Å². The second-order valence-electron chi connectivity index (χ2n) is 6.74. The van der Waals surface area contributed by atoms with Crippen LogP contribution in [0.25, 0.3) is 0 Å². The fraction of sp³-hybridized carbons (Fsp3) is 0.208. The molecule has 0 unspecified atom stereocenters. The minimum atomic E-state index is -0.379. The molecule has 0 spiro atoms. The zero-order valence-corrected chi connectivity index (χ0v) is 21.6. The number of aliphatic imine (C=N–C) groups is 2. The van der Waals surface area contributed by atoms with Gasteiger partial charge >= 0.3 is 39.3 Å². The quantitative estimate of drug-likeness (QED) is 0.102. The number of esters is 1. The van der Waals surface area contributed by atoms with Crippen LogP contribution in [0.3, 0.4) is 0 Å². The topological polar surface area (TPSA) is 82.6 Å². The maximum atomic E-state index is 11.5. The van der Waals surface area contributed by atoms with Crippen LogP contribution in [0.4, 0.5) is 11.4 Å². The van der Waals surface area contributed by atoms with Crippen molar-refractivity contribution >= 4 is 49.0 Å². The van der Waals surface area contributed by atoms with Gasteiger partial charge in [0.05, 0.1) is 42.6 Å². The Morgan fingerprint density at radius 2 is 1.32 bits per heavy atom. The number of furan rings is 1. The summed E-state index contributed by atoms with van der Waals surface area (Å²) in [5.74, 6) is 0.932. The van der Waals surface area contributed by atoms with Crippen molar-refractivity contribution in [3.63, 3.8) is 0 Å². The molecule has 7 nitrogen and oxygen atoms in total. The molecule has 182 valence electrons. The number of methoxy groups -OCH3 is 1.